The van der Waals surface area contributed by atoms with E-state index in [9.17, 15) is 14.7 Å². The Kier molecular flexibility index (Phi) is 4.10. The summed E-state index contributed by atoms with van der Waals surface area (Å²) in [4.78, 5) is 27.4. The van der Waals surface area contributed by atoms with Gasteiger partial charge in [-0.25, -0.2) is 0 Å². The van der Waals surface area contributed by atoms with Crippen LogP contribution in [0.1, 0.15) is 50.2 Å². The Morgan fingerprint density at radius 2 is 1.73 bits per heavy atom. The van der Waals surface area contributed by atoms with Gasteiger partial charge in [-0.15, -0.1) is 0 Å². The zero-order valence-corrected chi connectivity index (χ0v) is 15.5. The van der Waals surface area contributed by atoms with Crippen LogP contribution in [0, 0.1) is 17.3 Å². The van der Waals surface area contributed by atoms with Crippen LogP contribution in [0.3, 0.4) is 0 Å². The third-order valence-electron chi connectivity index (χ3n) is 6.46. The normalized spacial score (nSPS) is 35.8. The number of benzene rings is 1. The first-order chi connectivity index (χ1) is 12.3. The Balaban J connectivity index is 1.60. The summed E-state index contributed by atoms with van der Waals surface area (Å²) in [5, 5.41) is 10.9. The van der Waals surface area contributed by atoms with E-state index in [1.165, 1.54) is 4.90 Å². The molecule has 0 radical (unpaired) electrons. The summed E-state index contributed by atoms with van der Waals surface area (Å²) in [6, 6.07) is 9.18. The van der Waals surface area contributed by atoms with Crippen molar-refractivity contribution < 1.29 is 19.4 Å². The second-order valence-electron chi connectivity index (χ2n) is 8.89. The van der Waals surface area contributed by atoms with Crippen molar-refractivity contribution >= 4 is 11.9 Å². The molecular weight excluding hydrogens is 330 g/mol. The molecule has 5 atom stereocenters. The van der Waals surface area contributed by atoms with Crippen molar-refractivity contribution in [3.05, 3.63) is 35.9 Å². The summed E-state index contributed by atoms with van der Waals surface area (Å²) in [5.41, 5.74) is -0.669. The molecule has 4 bridgehead atoms. The Hall–Kier alpha value is -1.88. The van der Waals surface area contributed by atoms with Gasteiger partial charge in [0.05, 0.1) is 11.0 Å². The van der Waals surface area contributed by atoms with Crippen molar-refractivity contribution in [3.8, 4) is 0 Å². The average molecular weight is 357 g/mol. The van der Waals surface area contributed by atoms with Crippen molar-refractivity contribution in [3.63, 3.8) is 0 Å². The van der Waals surface area contributed by atoms with Gasteiger partial charge in [-0.2, -0.15) is 0 Å². The van der Waals surface area contributed by atoms with Gasteiger partial charge in [-0.3, -0.25) is 9.59 Å². The number of amides is 1. The molecule has 0 saturated heterocycles. The highest BCUT2D eigenvalue weighted by molar-refractivity contribution is 5.86. The van der Waals surface area contributed by atoms with Crippen molar-refractivity contribution in [1.29, 1.82) is 0 Å². The van der Waals surface area contributed by atoms with Crippen LogP contribution in [0.25, 0.3) is 0 Å². The standard InChI is InChI=1S/C21H27NO4/c1-22(2)18(23)17(16-6-4-3-5-7-16)26-19(24)20-9-14-8-15(10-20)12-21(25,11-14)13-20/h3-7,14-15,17,25H,8-13H2,1-2H3/t14-,15+,17-,20?,21?/m1/s1. The van der Waals surface area contributed by atoms with Crippen LogP contribution in [0.15, 0.2) is 30.3 Å². The number of aliphatic hydroxyl groups is 1. The first-order valence-corrected chi connectivity index (χ1v) is 9.50. The molecule has 1 N–H and O–H groups in total. The van der Waals surface area contributed by atoms with Crippen molar-refractivity contribution in [1.82, 2.24) is 4.90 Å². The summed E-state index contributed by atoms with van der Waals surface area (Å²) < 4.78 is 5.85. The van der Waals surface area contributed by atoms with Crippen LogP contribution >= 0.6 is 0 Å². The quantitative estimate of drug-likeness (QED) is 0.842. The largest absolute Gasteiger partial charge is 0.447 e. The van der Waals surface area contributed by atoms with E-state index in [1.807, 2.05) is 30.3 Å². The van der Waals surface area contributed by atoms with Gasteiger partial charge >= 0.3 is 5.97 Å². The van der Waals surface area contributed by atoms with E-state index in [-0.39, 0.29) is 11.9 Å². The highest BCUT2D eigenvalue weighted by Gasteiger charge is 2.61. The molecule has 1 aromatic rings. The Morgan fingerprint density at radius 1 is 1.12 bits per heavy atom. The zero-order chi connectivity index (χ0) is 18.5. The molecule has 2 unspecified atom stereocenters. The van der Waals surface area contributed by atoms with Crippen LogP contribution in [0.5, 0.6) is 0 Å². The summed E-state index contributed by atoms with van der Waals surface area (Å²) in [6.07, 6.45) is 3.82. The van der Waals surface area contributed by atoms with Gasteiger partial charge < -0.3 is 14.7 Å². The lowest BCUT2D eigenvalue weighted by Gasteiger charge is -2.58. The van der Waals surface area contributed by atoms with Crippen molar-refractivity contribution in [2.45, 2.75) is 50.2 Å². The second-order valence-corrected chi connectivity index (χ2v) is 8.89. The van der Waals surface area contributed by atoms with Crippen LogP contribution in [0.2, 0.25) is 0 Å². The van der Waals surface area contributed by atoms with Crippen LogP contribution in [-0.4, -0.2) is 41.6 Å². The lowest BCUT2D eigenvalue weighted by atomic mass is 9.48. The molecule has 5 heteroatoms. The predicted molar refractivity (Wildman–Crippen MR) is 96.0 cm³/mol. The fraction of sp³-hybridized carbons (Fsp3) is 0.619. The average Bonchev–Trinajstić information content (AvgIpc) is 2.57. The molecule has 4 saturated carbocycles. The lowest BCUT2D eigenvalue weighted by Crippen LogP contribution is -2.58. The number of hydrogen-bond acceptors (Lipinski definition) is 4. The molecule has 1 amide bonds. The third-order valence-corrected chi connectivity index (χ3v) is 6.46. The van der Waals surface area contributed by atoms with E-state index in [4.69, 9.17) is 4.74 Å². The van der Waals surface area contributed by atoms with Crippen LogP contribution in [-0.2, 0) is 14.3 Å². The summed E-state index contributed by atoms with van der Waals surface area (Å²) in [6.45, 7) is 0. The van der Waals surface area contributed by atoms with E-state index in [0.717, 1.165) is 32.1 Å². The van der Waals surface area contributed by atoms with Gasteiger partial charge in [0.1, 0.15) is 0 Å². The number of hydrogen-bond donors (Lipinski definition) is 1. The maximum Gasteiger partial charge on any atom is 0.313 e. The summed E-state index contributed by atoms with van der Waals surface area (Å²) in [7, 11) is 3.33. The first kappa shape index (κ1) is 17.5. The van der Waals surface area contributed by atoms with E-state index in [1.54, 1.807) is 14.1 Å². The number of carbonyl (C=O) groups is 2. The molecule has 1 aromatic carbocycles. The molecule has 140 valence electrons. The number of ether oxygens (including phenoxy) is 1. The minimum atomic E-state index is -0.929. The molecule has 4 fully saturated rings. The van der Waals surface area contributed by atoms with E-state index >= 15 is 0 Å². The zero-order valence-electron chi connectivity index (χ0n) is 15.5. The molecule has 4 aliphatic rings. The molecule has 0 aliphatic heterocycles. The molecule has 26 heavy (non-hydrogen) atoms. The highest BCUT2D eigenvalue weighted by Crippen LogP contribution is 2.62. The number of esters is 1. The predicted octanol–water partition coefficient (Wildman–Crippen LogP) is 2.69. The number of likely N-dealkylation sites (N-methyl/N-ethyl adjacent to an activating group) is 1. The van der Waals surface area contributed by atoms with Gasteiger partial charge in [0.15, 0.2) is 0 Å². The molecule has 0 heterocycles. The summed E-state index contributed by atoms with van der Waals surface area (Å²) in [5.74, 6) is 0.240. The van der Waals surface area contributed by atoms with Crippen molar-refractivity contribution in [2.24, 2.45) is 17.3 Å². The number of nitrogens with zero attached hydrogens (tertiary/aromatic N) is 1. The molecule has 5 nitrogen and oxygen atoms in total. The molecule has 0 spiro atoms. The van der Waals surface area contributed by atoms with Gasteiger partial charge in [-0.1, -0.05) is 30.3 Å². The summed E-state index contributed by atoms with van der Waals surface area (Å²) >= 11 is 0. The maximum atomic E-state index is 13.2. The van der Waals surface area contributed by atoms with Gasteiger partial charge in [0, 0.05) is 19.7 Å². The highest BCUT2D eigenvalue weighted by atomic mass is 16.5. The molecular formula is C21H27NO4. The maximum absolute atomic E-state index is 13.2. The lowest BCUT2D eigenvalue weighted by molar-refractivity contribution is -0.201. The Bertz CT molecular complexity index is 700. The molecule has 4 aliphatic carbocycles. The first-order valence-electron chi connectivity index (χ1n) is 9.50. The van der Waals surface area contributed by atoms with Crippen LogP contribution < -0.4 is 0 Å². The number of carbonyl (C=O) groups excluding carboxylic acids is 2. The fourth-order valence-electron chi connectivity index (χ4n) is 5.81. The van der Waals surface area contributed by atoms with Gasteiger partial charge in [-0.05, 0) is 50.4 Å². The van der Waals surface area contributed by atoms with E-state index in [2.05, 4.69) is 0 Å². The Labute approximate surface area is 154 Å². The topological polar surface area (TPSA) is 66.8 Å². The van der Waals surface area contributed by atoms with Gasteiger partial charge in [0.25, 0.3) is 5.91 Å². The monoisotopic (exact) mass is 357 g/mol. The van der Waals surface area contributed by atoms with Crippen molar-refractivity contribution in [2.75, 3.05) is 14.1 Å². The fourth-order valence-corrected chi connectivity index (χ4v) is 5.81. The smallest absolute Gasteiger partial charge is 0.313 e. The minimum absolute atomic E-state index is 0.243. The molecule has 5 rings (SSSR count). The third kappa shape index (κ3) is 2.92. The van der Waals surface area contributed by atoms with Crippen LogP contribution in [0.4, 0.5) is 0 Å². The minimum Gasteiger partial charge on any atom is -0.447 e. The van der Waals surface area contributed by atoms with E-state index < -0.39 is 17.1 Å². The molecule has 0 aromatic heterocycles. The SMILES string of the molecule is CN(C)C(=O)[C@H](OC(=O)C12C[C@@H]3C[C@@H](CC(O)(C3)C1)C2)c1ccccc1. The van der Waals surface area contributed by atoms with Gasteiger partial charge in [0.2, 0.25) is 6.10 Å². The van der Waals surface area contributed by atoms with E-state index in [0.29, 0.717) is 23.8 Å². The Morgan fingerprint density at radius 3 is 2.27 bits per heavy atom. The second kappa shape index (κ2) is 6.08. The number of rotatable bonds is 4.